The number of rotatable bonds is 8. The Balaban J connectivity index is 1.75. The van der Waals surface area contributed by atoms with Crippen molar-refractivity contribution >= 4 is 16.7 Å². The van der Waals surface area contributed by atoms with Gasteiger partial charge in [0.2, 0.25) is 0 Å². The molecule has 1 aromatic heterocycles. The maximum atomic E-state index is 12.0. The Morgan fingerprint density at radius 1 is 1.08 bits per heavy atom. The van der Waals surface area contributed by atoms with E-state index in [4.69, 9.17) is 9.47 Å². The van der Waals surface area contributed by atoms with Crippen LogP contribution < -0.4 is 9.47 Å². The smallest absolute Gasteiger partial charge is 0.161 e. The van der Waals surface area contributed by atoms with E-state index in [9.17, 15) is 4.79 Å². The van der Waals surface area contributed by atoms with Crippen molar-refractivity contribution < 1.29 is 14.3 Å². The highest BCUT2D eigenvalue weighted by atomic mass is 16.5. The van der Waals surface area contributed by atoms with Crippen LogP contribution in [0.5, 0.6) is 11.5 Å². The Kier molecular flexibility index (Phi) is 5.61. The minimum absolute atomic E-state index is 0.104. The Bertz CT molecular complexity index is 911. The molecule has 0 radical (unpaired) electrons. The first-order valence-corrected chi connectivity index (χ1v) is 9.03. The Hall–Kier alpha value is -2.75. The van der Waals surface area contributed by atoms with Crippen LogP contribution in [0.15, 0.2) is 48.7 Å². The largest absolute Gasteiger partial charge is 0.493 e. The van der Waals surface area contributed by atoms with Crippen LogP contribution in [0, 0.1) is 0 Å². The van der Waals surface area contributed by atoms with Crippen LogP contribution in [0.3, 0.4) is 0 Å². The number of hydrogen-bond donors (Lipinski definition) is 0. The van der Waals surface area contributed by atoms with Crippen molar-refractivity contribution in [2.45, 2.75) is 33.2 Å². The number of fused-ring (bicyclic) bond motifs is 1. The molecule has 1 heterocycles. The van der Waals surface area contributed by atoms with E-state index in [1.807, 2.05) is 42.6 Å². The molecule has 0 N–H and O–H groups in total. The Morgan fingerprint density at radius 2 is 1.85 bits per heavy atom. The van der Waals surface area contributed by atoms with Crippen molar-refractivity contribution in [2.75, 3.05) is 13.7 Å². The number of carbonyl (C=O) groups excluding carboxylic acids is 1. The molecule has 0 aliphatic rings. The van der Waals surface area contributed by atoms with E-state index in [-0.39, 0.29) is 5.78 Å². The van der Waals surface area contributed by atoms with Crippen LogP contribution in [0.2, 0.25) is 0 Å². The van der Waals surface area contributed by atoms with Gasteiger partial charge in [0.1, 0.15) is 0 Å². The lowest BCUT2D eigenvalue weighted by Crippen LogP contribution is -2.05. The van der Waals surface area contributed by atoms with Crippen LogP contribution in [-0.2, 0) is 13.0 Å². The maximum absolute atomic E-state index is 12.0. The van der Waals surface area contributed by atoms with Gasteiger partial charge in [0.25, 0.3) is 0 Å². The number of hydrogen-bond acceptors (Lipinski definition) is 3. The quantitative estimate of drug-likeness (QED) is 0.429. The van der Waals surface area contributed by atoms with Gasteiger partial charge in [0.15, 0.2) is 17.3 Å². The summed E-state index contributed by atoms with van der Waals surface area (Å²) in [6.45, 7) is 5.16. The van der Waals surface area contributed by atoms with E-state index in [2.05, 4.69) is 17.6 Å². The summed E-state index contributed by atoms with van der Waals surface area (Å²) >= 11 is 0. The Labute approximate surface area is 154 Å². The van der Waals surface area contributed by atoms with Crippen molar-refractivity contribution in [1.82, 2.24) is 4.57 Å². The summed E-state index contributed by atoms with van der Waals surface area (Å²) in [6, 6.07) is 13.9. The summed E-state index contributed by atoms with van der Waals surface area (Å²) in [5, 5.41) is 1.04. The highest BCUT2D eigenvalue weighted by Crippen LogP contribution is 2.27. The molecule has 4 nitrogen and oxygen atoms in total. The fourth-order valence-corrected chi connectivity index (χ4v) is 3.34. The molecule has 0 bridgehead atoms. The average Bonchev–Trinajstić information content (AvgIpc) is 3.04. The summed E-state index contributed by atoms with van der Waals surface area (Å²) in [5.41, 5.74) is 3.22. The van der Waals surface area contributed by atoms with Gasteiger partial charge in [0, 0.05) is 23.7 Å². The van der Waals surface area contributed by atoms with Crippen LogP contribution >= 0.6 is 0 Å². The van der Waals surface area contributed by atoms with Crippen LogP contribution in [-0.4, -0.2) is 24.1 Å². The number of para-hydroxylation sites is 3. The predicted molar refractivity (Wildman–Crippen MR) is 104 cm³/mol. The summed E-state index contributed by atoms with van der Waals surface area (Å²) in [4.78, 5) is 12.0. The molecular formula is C22H25NO3. The summed E-state index contributed by atoms with van der Waals surface area (Å²) in [5.74, 6) is 1.60. The van der Waals surface area contributed by atoms with Crippen LogP contribution in [0.1, 0.15) is 36.2 Å². The first-order valence-electron chi connectivity index (χ1n) is 9.03. The van der Waals surface area contributed by atoms with E-state index in [0.29, 0.717) is 6.61 Å². The zero-order chi connectivity index (χ0) is 18.5. The first-order chi connectivity index (χ1) is 12.7. The maximum Gasteiger partial charge on any atom is 0.161 e. The average molecular weight is 351 g/mol. The molecule has 0 amide bonds. The van der Waals surface area contributed by atoms with Gasteiger partial charge in [-0.3, -0.25) is 4.79 Å². The van der Waals surface area contributed by atoms with Crippen molar-refractivity contribution in [3.8, 4) is 11.5 Å². The number of benzene rings is 2. The molecule has 0 spiro atoms. The SMILES string of the molecule is CCc1cccc2c(C(C)=O)cn(CCCOc3ccccc3OC)c12. The molecule has 0 atom stereocenters. The molecule has 0 aliphatic heterocycles. The lowest BCUT2D eigenvalue weighted by Gasteiger charge is -2.11. The van der Waals surface area contributed by atoms with Gasteiger partial charge in [-0.15, -0.1) is 0 Å². The molecule has 0 saturated carbocycles. The number of aromatic nitrogens is 1. The topological polar surface area (TPSA) is 40.5 Å². The highest BCUT2D eigenvalue weighted by molar-refractivity contribution is 6.07. The number of Topliss-reactive ketones (excluding diaryl/α,β-unsaturated/α-hetero) is 1. The third-order valence-electron chi connectivity index (χ3n) is 4.61. The van der Waals surface area contributed by atoms with E-state index >= 15 is 0 Å². The van der Waals surface area contributed by atoms with Gasteiger partial charge in [-0.2, -0.15) is 0 Å². The number of ether oxygens (including phenoxy) is 2. The molecule has 0 unspecified atom stereocenters. The van der Waals surface area contributed by atoms with Crippen molar-refractivity contribution in [2.24, 2.45) is 0 Å². The number of ketones is 1. The molecule has 136 valence electrons. The van der Waals surface area contributed by atoms with E-state index in [0.717, 1.165) is 47.4 Å². The van der Waals surface area contributed by atoms with Gasteiger partial charge in [-0.25, -0.2) is 0 Å². The van der Waals surface area contributed by atoms with Gasteiger partial charge in [0.05, 0.1) is 19.2 Å². The fourth-order valence-electron chi connectivity index (χ4n) is 3.34. The summed E-state index contributed by atoms with van der Waals surface area (Å²) < 4.78 is 13.4. The number of carbonyl (C=O) groups is 1. The molecule has 2 aromatic carbocycles. The fraction of sp³-hybridized carbons (Fsp3) is 0.318. The monoisotopic (exact) mass is 351 g/mol. The zero-order valence-electron chi connectivity index (χ0n) is 15.6. The summed E-state index contributed by atoms with van der Waals surface area (Å²) in [7, 11) is 1.64. The third-order valence-corrected chi connectivity index (χ3v) is 4.61. The van der Waals surface area contributed by atoms with Gasteiger partial charge < -0.3 is 14.0 Å². The Morgan fingerprint density at radius 3 is 2.54 bits per heavy atom. The van der Waals surface area contributed by atoms with Gasteiger partial charge in [-0.1, -0.05) is 37.3 Å². The normalized spacial score (nSPS) is 10.9. The lowest BCUT2D eigenvalue weighted by molar-refractivity contribution is 0.101. The second-order valence-corrected chi connectivity index (χ2v) is 6.31. The van der Waals surface area contributed by atoms with Gasteiger partial charge >= 0.3 is 0 Å². The van der Waals surface area contributed by atoms with Crippen molar-refractivity contribution in [3.63, 3.8) is 0 Å². The van der Waals surface area contributed by atoms with Crippen LogP contribution in [0.4, 0.5) is 0 Å². The molecule has 4 heteroatoms. The lowest BCUT2D eigenvalue weighted by atomic mass is 10.1. The summed E-state index contributed by atoms with van der Waals surface area (Å²) in [6.07, 6.45) is 3.77. The van der Waals surface area contributed by atoms with Crippen molar-refractivity contribution in [1.29, 1.82) is 0 Å². The number of methoxy groups -OCH3 is 1. The number of nitrogens with zero attached hydrogens (tertiary/aromatic N) is 1. The molecule has 0 saturated heterocycles. The molecule has 3 rings (SSSR count). The third kappa shape index (κ3) is 3.59. The molecule has 0 fully saturated rings. The molecule has 26 heavy (non-hydrogen) atoms. The molecular weight excluding hydrogens is 326 g/mol. The second kappa shape index (κ2) is 8.09. The van der Waals surface area contributed by atoms with E-state index in [1.165, 1.54) is 5.56 Å². The molecule has 3 aromatic rings. The first kappa shape index (κ1) is 18.1. The van der Waals surface area contributed by atoms with Crippen molar-refractivity contribution in [3.05, 3.63) is 59.8 Å². The van der Waals surface area contributed by atoms with Gasteiger partial charge in [-0.05, 0) is 37.5 Å². The second-order valence-electron chi connectivity index (χ2n) is 6.31. The highest BCUT2D eigenvalue weighted by Gasteiger charge is 2.14. The number of aryl methyl sites for hydroxylation is 2. The zero-order valence-corrected chi connectivity index (χ0v) is 15.6. The predicted octanol–water partition coefficient (Wildman–Crippen LogP) is 4.88. The van der Waals surface area contributed by atoms with E-state index < -0.39 is 0 Å². The molecule has 0 aliphatic carbocycles. The standard InChI is InChI=1S/C22H25NO3/c1-4-17-9-7-10-18-19(16(2)24)15-23(22(17)18)13-8-14-26-21-12-6-5-11-20(21)25-3/h5-7,9-12,15H,4,8,13-14H2,1-3H3. The minimum Gasteiger partial charge on any atom is -0.493 e. The minimum atomic E-state index is 0.104. The van der Waals surface area contributed by atoms with Crippen LogP contribution in [0.25, 0.3) is 10.9 Å². The van der Waals surface area contributed by atoms with E-state index in [1.54, 1.807) is 14.0 Å².